The van der Waals surface area contributed by atoms with Gasteiger partial charge in [-0.15, -0.1) is 11.3 Å². The molecule has 1 aliphatic heterocycles. The van der Waals surface area contributed by atoms with Crippen LogP contribution >= 0.6 is 22.9 Å². The zero-order chi connectivity index (χ0) is 15.8. The van der Waals surface area contributed by atoms with Crippen LogP contribution < -0.4 is 10.2 Å². The fourth-order valence-electron chi connectivity index (χ4n) is 2.45. The monoisotopic (exact) mass is 342 g/mol. The molecule has 2 aromatic heterocycles. The lowest BCUT2D eigenvalue weighted by Crippen LogP contribution is -2.38. The van der Waals surface area contributed by atoms with Crippen molar-refractivity contribution in [2.24, 2.45) is 0 Å². The van der Waals surface area contributed by atoms with E-state index in [1.165, 1.54) is 11.3 Å². The number of rotatable bonds is 2. The molecule has 0 atom stereocenters. The number of hydrogen-bond donors (Lipinski definition) is 1. The Morgan fingerprint density at radius 1 is 1.22 bits per heavy atom. The number of anilines is 2. The maximum atomic E-state index is 12.3. The van der Waals surface area contributed by atoms with E-state index in [2.05, 4.69) is 15.3 Å². The lowest BCUT2D eigenvalue weighted by Gasteiger charge is -2.27. The average Bonchev–Trinajstić information content (AvgIpc) is 3.05. The highest BCUT2D eigenvalue weighted by Gasteiger charge is 2.27. The molecule has 2 amide bonds. The molecule has 0 spiro atoms. The van der Waals surface area contributed by atoms with Crippen LogP contribution in [0.1, 0.15) is 5.56 Å². The van der Waals surface area contributed by atoms with Gasteiger partial charge in [0.05, 0.1) is 12.2 Å². The second-order valence-electron chi connectivity index (χ2n) is 5.03. The van der Waals surface area contributed by atoms with Gasteiger partial charge in [-0.05, 0) is 24.3 Å². The van der Waals surface area contributed by atoms with Crippen molar-refractivity contribution < 1.29 is 4.79 Å². The van der Waals surface area contributed by atoms with Crippen LogP contribution in [0.2, 0.25) is 5.02 Å². The first kappa shape index (κ1) is 14.2. The van der Waals surface area contributed by atoms with Gasteiger partial charge in [-0.25, -0.2) is 9.78 Å². The van der Waals surface area contributed by atoms with Gasteiger partial charge in [0, 0.05) is 39.6 Å². The predicted molar refractivity (Wildman–Crippen MR) is 92.0 cm³/mol. The Kier molecular flexibility index (Phi) is 3.48. The Bertz CT molecular complexity index is 881. The van der Waals surface area contributed by atoms with E-state index in [9.17, 15) is 4.79 Å². The van der Waals surface area contributed by atoms with E-state index in [4.69, 9.17) is 11.6 Å². The standard InChI is InChI=1S/C16H11ClN4OS/c17-12-2-1-3-13-11(12)8-21(15(22)19-13)16-20-14(9-23-16)10-4-6-18-7-5-10/h1-7,9H,8H2,(H,19,22). The number of carbonyl (C=O) groups excluding carboxylic acids is 1. The van der Waals surface area contributed by atoms with Crippen molar-refractivity contribution in [2.75, 3.05) is 10.2 Å². The van der Waals surface area contributed by atoms with Crippen LogP contribution in [0.4, 0.5) is 15.6 Å². The number of urea groups is 1. The molecular formula is C16H11ClN4OS. The largest absolute Gasteiger partial charge is 0.328 e. The minimum absolute atomic E-state index is 0.199. The minimum Gasteiger partial charge on any atom is -0.307 e. The van der Waals surface area contributed by atoms with Gasteiger partial charge >= 0.3 is 6.03 Å². The maximum Gasteiger partial charge on any atom is 0.328 e. The highest BCUT2D eigenvalue weighted by atomic mass is 35.5. The molecule has 0 saturated heterocycles. The highest BCUT2D eigenvalue weighted by Crippen LogP contribution is 2.34. The van der Waals surface area contributed by atoms with Crippen molar-refractivity contribution in [1.82, 2.24) is 9.97 Å². The Morgan fingerprint density at radius 2 is 2.04 bits per heavy atom. The number of amides is 2. The van der Waals surface area contributed by atoms with E-state index in [1.807, 2.05) is 35.7 Å². The molecule has 4 rings (SSSR count). The average molecular weight is 343 g/mol. The summed E-state index contributed by atoms with van der Waals surface area (Å²) >= 11 is 7.67. The van der Waals surface area contributed by atoms with E-state index in [-0.39, 0.29) is 6.03 Å². The number of fused-ring (bicyclic) bond motifs is 1. The first-order valence-corrected chi connectivity index (χ1v) is 8.20. The van der Waals surface area contributed by atoms with Gasteiger partial charge in [-0.3, -0.25) is 9.88 Å². The number of hydrogen-bond acceptors (Lipinski definition) is 4. The molecule has 1 aromatic carbocycles. The van der Waals surface area contributed by atoms with E-state index < -0.39 is 0 Å². The summed E-state index contributed by atoms with van der Waals surface area (Å²) in [6.45, 7) is 0.407. The van der Waals surface area contributed by atoms with Gasteiger partial charge in [-0.1, -0.05) is 17.7 Å². The highest BCUT2D eigenvalue weighted by molar-refractivity contribution is 7.14. The number of halogens is 1. The number of aromatic nitrogens is 2. The van der Waals surface area contributed by atoms with Crippen LogP contribution in [0.25, 0.3) is 11.3 Å². The summed E-state index contributed by atoms with van der Waals surface area (Å²) in [7, 11) is 0. The third-order valence-electron chi connectivity index (χ3n) is 3.62. The molecule has 0 unspecified atom stereocenters. The lowest BCUT2D eigenvalue weighted by atomic mass is 10.1. The van der Waals surface area contributed by atoms with Gasteiger partial charge in [0.15, 0.2) is 5.13 Å². The minimum atomic E-state index is -0.199. The molecule has 0 radical (unpaired) electrons. The molecule has 1 aliphatic rings. The fourth-order valence-corrected chi connectivity index (χ4v) is 3.51. The van der Waals surface area contributed by atoms with E-state index in [1.54, 1.807) is 17.3 Å². The topological polar surface area (TPSA) is 58.1 Å². The van der Waals surface area contributed by atoms with E-state index >= 15 is 0 Å². The molecular weight excluding hydrogens is 332 g/mol. The summed E-state index contributed by atoms with van der Waals surface area (Å²) < 4.78 is 0. The maximum absolute atomic E-state index is 12.3. The number of benzene rings is 1. The number of nitrogens with zero attached hydrogens (tertiary/aromatic N) is 3. The third-order valence-corrected chi connectivity index (χ3v) is 4.84. The van der Waals surface area contributed by atoms with Crippen LogP contribution in [0.3, 0.4) is 0 Å². The Hall–Kier alpha value is -2.44. The Labute approximate surface area is 141 Å². The quantitative estimate of drug-likeness (QED) is 0.750. The van der Waals surface area contributed by atoms with Crippen LogP contribution in [0.15, 0.2) is 48.1 Å². The molecule has 0 fully saturated rings. The van der Waals surface area contributed by atoms with Crippen LogP contribution in [0, 0.1) is 0 Å². The number of pyridine rings is 1. The lowest BCUT2D eigenvalue weighted by molar-refractivity contribution is 0.256. The summed E-state index contributed by atoms with van der Waals surface area (Å²) in [4.78, 5) is 22.5. The Balaban J connectivity index is 1.68. The van der Waals surface area contributed by atoms with Gasteiger partial charge in [0.2, 0.25) is 0 Å². The predicted octanol–water partition coefficient (Wildman–Crippen LogP) is 4.41. The summed E-state index contributed by atoms with van der Waals surface area (Å²) in [5, 5.41) is 6.06. The van der Waals surface area contributed by atoms with Crippen LogP contribution in [-0.2, 0) is 6.54 Å². The van der Waals surface area contributed by atoms with E-state index in [0.29, 0.717) is 16.7 Å². The summed E-state index contributed by atoms with van der Waals surface area (Å²) in [6.07, 6.45) is 3.44. The normalized spacial score (nSPS) is 13.6. The van der Waals surface area contributed by atoms with Crippen molar-refractivity contribution in [2.45, 2.75) is 6.54 Å². The number of carbonyl (C=O) groups is 1. The van der Waals surface area contributed by atoms with Gasteiger partial charge in [-0.2, -0.15) is 0 Å². The third kappa shape index (κ3) is 2.56. The molecule has 0 saturated carbocycles. The van der Waals surface area contributed by atoms with Crippen molar-refractivity contribution in [3.05, 3.63) is 58.7 Å². The molecule has 3 heterocycles. The molecule has 0 aliphatic carbocycles. The van der Waals surface area contributed by atoms with Crippen LogP contribution in [0.5, 0.6) is 0 Å². The van der Waals surface area contributed by atoms with Gasteiger partial charge in [0.1, 0.15) is 0 Å². The van der Waals surface area contributed by atoms with E-state index in [0.717, 1.165) is 22.5 Å². The fraction of sp³-hybridized carbons (Fsp3) is 0.0625. The second kappa shape index (κ2) is 5.64. The number of thiazole rings is 1. The van der Waals surface area contributed by atoms with Crippen molar-refractivity contribution in [3.63, 3.8) is 0 Å². The molecule has 7 heteroatoms. The second-order valence-corrected chi connectivity index (χ2v) is 6.28. The SMILES string of the molecule is O=C1Nc2cccc(Cl)c2CN1c1nc(-c2ccncc2)cs1. The molecule has 114 valence electrons. The van der Waals surface area contributed by atoms with Gasteiger partial charge < -0.3 is 5.32 Å². The molecule has 5 nitrogen and oxygen atoms in total. The number of nitrogens with one attached hydrogen (secondary N) is 1. The first-order valence-electron chi connectivity index (χ1n) is 6.94. The smallest absolute Gasteiger partial charge is 0.307 e. The molecule has 23 heavy (non-hydrogen) atoms. The molecule has 0 bridgehead atoms. The Morgan fingerprint density at radius 3 is 2.87 bits per heavy atom. The first-order chi connectivity index (χ1) is 11.2. The van der Waals surface area contributed by atoms with Gasteiger partial charge in [0.25, 0.3) is 0 Å². The summed E-state index contributed by atoms with van der Waals surface area (Å²) in [5.74, 6) is 0. The molecule has 1 N–H and O–H groups in total. The molecule has 3 aromatic rings. The van der Waals surface area contributed by atoms with Crippen molar-refractivity contribution in [1.29, 1.82) is 0 Å². The summed E-state index contributed by atoms with van der Waals surface area (Å²) in [6, 6.07) is 9.07. The van der Waals surface area contributed by atoms with Crippen molar-refractivity contribution >= 4 is 39.8 Å². The zero-order valence-electron chi connectivity index (χ0n) is 11.9. The zero-order valence-corrected chi connectivity index (χ0v) is 13.4. The van der Waals surface area contributed by atoms with Crippen molar-refractivity contribution in [3.8, 4) is 11.3 Å². The van der Waals surface area contributed by atoms with Crippen LogP contribution in [-0.4, -0.2) is 16.0 Å². The summed E-state index contributed by atoms with van der Waals surface area (Å²) in [5.41, 5.74) is 3.45.